The summed E-state index contributed by atoms with van der Waals surface area (Å²) in [7, 11) is 0. The van der Waals surface area contributed by atoms with E-state index in [2.05, 4.69) is 9.88 Å². The number of carbonyl (C=O) groups excluding carboxylic acids is 1. The van der Waals surface area contributed by atoms with Crippen LogP contribution < -0.4 is 5.73 Å². The van der Waals surface area contributed by atoms with Crippen LogP contribution in [0.1, 0.15) is 47.6 Å². The van der Waals surface area contributed by atoms with E-state index in [0.29, 0.717) is 18.3 Å². The van der Waals surface area contributed by atoms with E-state index < -0.39 is 0 Å². The number of rotatable bonds is 4. The highest BCUT2D eigenvalue weighted by Crippen LogP contribution is 2.37. The standard InChI is InChI=1S/C14H21N3OS/c15-7-6-13-16-11(9-19-13)14(18)17-8-2-5-12(17)10-3-1-4-10/h9-10,12H,1-8,15H2. The minimum absolute atomic E-state index is 0.133. The predicted octanol–water partition coefficient (Wildman–Crippen LogP) is 2.05. The van der Waals surface area contributed by atoms with Gasteiger partial charge in [0.15, 0.2) is 0 Å². The molecule has 1 amide bonds. The van der Waals surface area contributed by atoms with Crippen LogP contribution in [0.4, 0.5) is 0 Å². The Morgan fingerprint density at radius 1 is 1.42 bits per heavy atom. The molecule has 2 aliphatic rings. The van der Waals surface area contributed by atoms with Crippen LogP contribution in [0.15, 0.2) is 5.38 Å². The highest BCUT2D eigenvalue weighted by atomic mass is 32.1. The Balaban J connectivity index is 1.70. The van der Waals surface area contributed by atoms with E-state index >= 15 is 0 Å². The summed E-state index contributed by atoms with van der Waals surface area (Å²) < 4.78 is 0. The first-order chi connectivity index (χ1) is 9.29. The monoisotopic (exact) mass is 279 g/mol. The molecule has 1 aromatic heterocycles. The lowest BCUT2D eigenvalue weighted by Crippen LogP contribution is -2.42. The second kappa shape index (κ2) is 5.59. The Morgan fingerprint density at radius 2 is 2.26 bits per heavy atom. The van der Waals surface area contributed by atoms with Crippen LogP contribution >= 0.6 is 11.3 Å². The van der Waals surface area contributed by atoms with Crippen molar-refractivity contribution in [2.75, 3.05) is 13.1 Å². The fourth-order valence-corrected chi connectivity index (χ4v) is 3.94. The van der Waals surface area contributed by atoms with Crippen molar-refractivity contribution in [1.29, 1.82) is 0 Å². The molecule has 3 rings (SSSR count). The highest BCUT2D eigenvalue weighted by molar-refractivity contribution is 7.09. The number of nitrogens with zero attached hydrogens (tertiary/aromatic N) is 2. The van der Waals surface area contributed by atoms with Crippen molar-refractivity contribution in [3.8, 4) is 0 Å². The maximum Gasteiger partial charge on any atom is 0.273 e. The van der Waals surface area contributed by atoms with E-state index in [0.717, 1.165) is 30.3 Å². The number of aromatic nitrogens is 1. The molecule has 5 heteroatoms. The summed E-state index contributed by atoms with van der Waals surface area (Å²) in [5, 5.41) is 2.87. The molecule has 0 aromatic carbocycles. The molecule has 1 aliphatic carbocycles. The van der Waals surface area contributed by atoms with Crippen molar-refractivity contribution in [3.05, 3.63) is 16.1 Å². The Hall–Kier alpha value is -0.940. The fraction of sp³-hybridized carbons (Fsp3) is 0.714. The maximum atomic E-state index is 12.6. The van der Waals surface area contributed by atoms with Crippen molar-refractivity contribution in [2.45, 2.75) is 44.6 Å². The Bertz CT molecular complexity index is 455. The lowest BCUT2D eigenvalue weighted by atomic mass is 9.79. The van der Waals surface area contributed by atoms with E-state index in [1.807, 2.05) is 5.38 Å². The summed E-state index contributed by atoms with van der Waals surface area (Å²) in [5.41, 5.74) is 6.15. The van der Waals surface area contributed by atoms with Crippen LogP contribution in [0, 0.1) is 5.92 Å². The van der Waals surface area contributed by atoms with Crippen LogP contribution in [-0.2, 0) is 6.42 Å². The van der Waals surface area contributed by atoms with Crippen LogP contribution in [0.5, 0.6) is 0 Å². The van der Waals surface area contributed by atoms with E-state index in [9.17, 15) is 4.79 Å². The molecule has 1 aromatic rings. The summed E-state index contributed by atoms with van der Waals surface area (Å²) in [6, 6.07) is 0.473. The van der Waals surface area contributed by atoms with Crippen LogP contribution in [0.3, 0.4) is 0 Å². The molecular formula is C14H21N3OS. The third-order valence-electron chi connectivity index (χ3n) is 4.38. The summed E-state index contributed by atoms with van der Waals surface area (Å²) in [6.45, 7) is 1.50. The van der Waals surface area contributed by atoms with Gasteiger partial charge in [-0.05, 0) is 38.1 Å². The van der Waals surface area contributed by atoms with Crippen molar-refractivity contribution >= 4 is 17.2 Å². The van der Waals surface area contributed by atoms with E-state index in [1.165, 1.54) is 25.7 Å². The van der Waals surface area contributed by atoms with Gasteiger partial charge in [-0.1, -0.05) is 6.42 Å². The Morgan fingerprint density at radius 3 is 2.95 bits per heavy atom. The Kier molecular flexibility index (Phi) is 3.84. The van der Waals surface area contributed by atoms with Gasteiger partial charge in [0.2, 0.25) is 0 Å². The molecule has 2 N–H and O–H groups in total. The number of thiazole rings is 1. The number of hydrogen-bond donors (Lipinski definition) is 1. The Labute approximate surface area is 118 Å². The lowest BCUT2D eigenvalue weighted by molar-refractivity contribution is 0.0621. The third-order valence-corrected chi connectivity index (χ3v) is 5.29. The first-order valence-electron chi connectivity index (χ1n) is 7.25. The molecule has 0 spiro atoms. The second-order valence-electron chi connectivity index (χ2n) is 5.56. The molecule has 1 aliphatic heterocycles. The molecule has 1 unspecified atom stereocenters. The highest BCUT2D eigenvalue weighted by Gasteiger charge is 2.38. The van der Waals surface area contributed by atoms with Gasteiger partial charge in [-0.3, -0.25) is 4.79 Å². The van der Waals surface area contributed by atoms with Gasteiger partial charge in [-0.2, -0.15) is 0 Å². The first-order valence-corrected chi connectivity index (χ1v) is 8.13. The molecule has 0 bridgehead atoms. The summed E-state index contributed by atoms with van der Waals surface area (Å²) >= 11 is 1.55. The quantitative estimate of drug-likeness (QED) is 0.917. The zero-order chi connectivity index (χ0) is 13.2. The number of likely N-dealkylation sites (tertiary alicyclic amines) is 1. The topological polar surface area (TPSA) is 59.2 Å². The molecule has 1 atom stereocenters. The third kappa shape index (κ3) is 2.54. The molecule has 1 saturated heterocycles. The van der Waals surface area contributed by atoms with Crippen LogP contribution in [-0.4, -0.2) is 34.9 Å². The summed E-state index contributed by atoms with van der Waals surface area (Å²) in [6.07, 6.45) is 7.02. The number of carbonyl (C=O) groups is 1. The first kappa shape index (κ1) is 13.1. The summed E-state index contributed by atoms with van der Waals surface area (Å²) in [5.74, 6) is 0.877. The zero-order valence-corrected chi connectivity index (χ0v) is 12.0. The number of amides is 1. The average molecular weight is 279 g/mol. The SMILES string of the molecule is NCCc1nc(C(=O)N2CCCC2C2CCC2)cs1. The molecular weight excluding hydrogens is 258 g/mol. The number of nitrogens with two attached hydrogens (primary N) is 1. The van der Waals surface area contributed by atoms with E-state index in [4.69, 9.17) is 5.73 Å². The molecule has 104 valence electrons. The second-order valence-corrected chi connectivity index (χ2v) is 6.51. The smallest absolute Gasteiger partial charge is 0.273 e. The maximum absolute atomic E-state index is 12.6. The van der Waals surface area contributed by atoms with Gasteiger partial charge < -0.3 is 10.6 Å². The summed E-state index contributed by atoms with van der Waals surface area (Å²) in [4.78, 5) is 19.1. The van der Waals surface area contributed by atoms with Crippen molar-refractivity contribution in [2.24, 2.45) is 11.7 Å². The minimum atomic E-state index is 0.133. The van der Waals surface area contributed by atoms with Gasteiger partial charge in [-0.15, -0.1) is 11.3 Å². The number of hydrogen-bond acceptors (Lipinski definition) is 4. The van der Waals surface area contributed by atoms with Crippen LogP contribution in [0.2, 0.25) is 0 Å². The van der Waals surface area contributed by atoms with E-state index in [1.54, 1.807) is 11.3 Å². The van der Waals surface area contributed by atoms with Crippen molar-refractivity contribution in [1.82, 2.24) is 9.88 Å². The predicted molar refractivity (Wildman–Crippen MR) is 76.3 cm³/mol. The molecule has 1 saturated carbocycles. The average Bonchev–Trinajstić information content (AvgIpc) is 2.96. The van der Waals surface area contributed by atoms with Gasteiger partial charge >= 0.3 is 0 Å². The molecule has 4 nitrogen and oxygen atoms in total. The van der Waals surface area contributed by atoms with Gasteiger partial charge in [-0.25, -0.2) is 4.98 Å². The molecule has 0 radical (unpaired) electrons. The van der Waals surface area contributed by atoms with Gasteiger partial charge in [0.05, 0.1) is 5.01 Å². The largest absolute Gasteiger partial charge is 0.334 e. The normalized spacial score (nSPS) is 23.6. The van der Waals surface area contributed by atoms with Crippen LogP contribution in [0.25, 0.3) is 0 Å². The lowest BCUT2D eigenvalue weighted by Gasteiger charge is -2.36. The van der Waals surface area contributed by atoms with Crippen molar-refractivity contribution in [3.63, 3.8) is 0 Å². The van der Waals surface area contributed by atoms with Gasteiger partial charge in [0.1, 0.15) is 5.69 Å². The fourth-order valence-electron chi connectivity index (χ4n) is 3.15. The van der Waals surface area contributed by atoms with Crippen molar-refractivity contribution < 1.29 is 4.79 Å². The van der Waals surface area contributed by atoms with Gasteiger partial charge in [0.25, 0.3) is 5.91 Å². The van der Waals surface area contributed by atoms with Gasteiger partial charge in [0, 0.05) is 24.4 Å². The molecule has 19 heavy (non-hydrogen) atoms. The zero-order valence-electron chi connectivity index (χ0n) is 11.2. The molecule has 2 fully saturated rings. The molecule has 2 heterocycles. The minimum Gasteiger partial charge on any atom is -0.334 e. The van der Waals surface area contributed by atoms with E-state index in [-0.39, 0.29) is 5.91 Å².